The van der Waals surface area contributed by atoms with Gasteiger partial charge in [0, 0.05) is 34.6 Å². The van der Waals surface area contributed by atoms with Gasteiger partial charge in [0.25, 0.3) is 11.6 Å². The lowest BCUT2D eigenvalue weighted by molar-refractivity contribution is -0.384. The number of hydrogen-bond donors (Lipinski definition) is 1. The number of aromatic nitrogens is 1. The van der Waals surface area contributed by atoms with E-state index in [-0.39, 0.29) is 5.69 Å². The summed E-state index contributed by atoms with van der Waals surface area (Å²) in [4.78, 5) is 25.8. The van der Waals surface area contributed by atoms with Gasteiger partial charge in [0.2, 0.25) is 0 Å². The number of benzene rings is 1. The molecule has 1 aromatic carbocycles. The monoisotopic (exact) mass is 348 g/mol. The van der Waals surface area contributed by atoms with Gasteiger partial charge < -0.3 is 0 Å². The predicted molar refractivity (Wildman–Crippen MR) is 80.1 cm³/mol. The van der Waals surface area contributed by atoms with Crippen molar-refractivity contribution >= 4 is 33.7 Å². The minimum atomic E-state index is -0.497. The fourth-order valence-corrected chi connectivity index (χ4v) is 1.85. The number of carbonyl (C=O) groups excluding carboxylic acids is 1. The fraction of sp³-hybridized carbons (Fsp3) is 0. The Balaban J connectivity index is 2.04. The van der Waals surface area contributed by atoms with Gasteiger partial charge >= 0.3 is 0 Å². The van der Waals surface area contributed by atoms with Gasteiger partial charge in [-0.1, -0.05) is 12.1 Å². The molecular weight excluding hydrogens is 340 g/mol. The quantitative estimate of drug-likeness (QED) is 0.521. The van der Waals surface area contributed by atoms with E-state index in [2.05, 4.69) is 31.4 Å². The van der Waals surface area contributed by atoms with Crippen LogP contribution < -0.4 is 5.43 Å². The number of nitro benzene ring substituents is 1. The van der Waals surface area contributed by atoms with Gasteiger partial charge in [0.15, 0.2) is 0 Å². The Morgan fingerprint density at radius 3 is 2.90 bits per heavy atom. The van der Waals surface area contributed by atoms with Crippen LogP contribution >= 0.6 is 15.9 Å². The van der Waals surface area contributed by atoms with E-state index in [4.69, 9.17) is 0 Å². The van der Waals surface area contributed by atoms with E-state index in [1.54, 1.807) is 24.4 Å². The van der Waals surface area contributed by atoms with Crippen molar-refractivity contribution in [2.45, 2.75) is 0 Å². The number of nitrogens with one attached hydrogen (secondary N) is 1. The van der Waals surface area contributed by atoms with E-state index in [1.807, 2.05) is 0 Å². The highest BCUT2D eigenvalue weighted by molar-refractivity contribution is 9.10. The molecule has 0 saturated carbocycles. The molecule has 0 unspecified atom stereocenters. The maximum absolute atomic E-state index is 11.8. The molecule has 0 atom stereocenters. The largest absolute Gasteiger partial charge is 0.272 e. The second-order valence-corrected chi connectivity index (χ2v) is 4.86. The molecule has 0 radical (unpaired) electrons. The Morgan fingerprint density at radius 1 is 1.38 bits per heavy atom. The third kappa shape index (κ3) is 4.18. The summed E-state index contributed by atoms with van der Waals surface area (Å²) in [5, 5.41) is 14.4. The summed E-state index contributed by atoms with van der Waals surface area (Å²) in [7, 11) is 0. The summed E-state index contributed by atoms with van der Waals surface area (Å²) < 4.78 is 0.679. The molecule has 21 heavy (non-hydrogen) atoms. The summed E-state index contributed by atoms with van der Waals surface area (Å²) in [6.45, 7) is 0. The van der Waals surface area contributed by atoms with E-state index < -0.39 is 10.8 Å². The number of hydrazone groups is 1. The zero-order valence-corrected chi connectivity index (χ0v) is 12.1. The first-order valence-corrected chi connectivity index (χ1v) is 6.54. The molecule has 2 aromatic rings. The van der Waals surface area contributed by atoms with Crippen molar-refractivity contribution in [2.24, 2.45) is 5.10 Å². The summed E-state index contributed by atoms with van der Waals surface area (Å²) in [6, 6.07) is 7.52. The zero-order chi connectivity index (χ0) is 15.2. The van der Waals surface area contributed by atoms with Crippen LogP contribution in [0.5, 0.6) is 0 Å². The Bertz CT molecular complexity index is 718. The summed E-state index contributed by atoms with van der Waals surface area (Å²) in [6.07, 6.45) is 4.29. The number of non-ortho nitro benzene ring substituents is 1. The predicted octanol–water partition coefficient (Wildman–Crippen LogP) is 2.52. The van der Waals surface area contributed by atoms with Crippen molar-refractivity contribution in [1.29, 1.82) is 0 Å². The van der Waals surface area contributed by atoms with Gasteiger partial charge in [-0.15, -0.1) is 0 Å². The molecular formula is C13H9BrN4O3. The van der Waals surface area contributed by atoms with Crippen molar-refractivity contribution in [2.75, 3.05) is 0 Å². The molecule has 0 fully saturated rings. The Hall–Kier alpha value is -2.61. The van der Waals surface area contributed by atoms with E-state index >= 15 is 0 Å². The van der Waals surface area contributed by atoms with Crippen LogP contribution in [-0.2, 0) is 0 Å². The van der Waals surface area contributed by atoms with Gasteiger partial charge in [-0.3, -0.25) is 19.9 Å². The lowest BCUT2D eigenvalue weighted by Gasteiger charge is -1.99. The average Bonchev–Trinajstić information content (AvgIpc) is 2.47. The lowest BCUT2D eigenvalue weighted by Crippen LogP contribution is -2.17. The number of nitro groups is 1. The third-order valence-corrected chi connectivity index (χ3v) is 2.86. The van der Waals surface area contributed by atoms with Crippen LogP contribution in [0.1, 0.15) is 15.9 Å². The fourth-order valence-electron chi connectivity index (χ4n) is 1.48. The Kier molecular flexibility index (Phi) is 4.72. The first kappa shape index (κ1) is 14.8. The Labute approximate surface area is 128 Å². The smallest absolute Gasteiger partial charge is 0.267 e. The van der Waals surface area contributed by atoms with Crippen molar-refractivity contribution in [1.82, 2.24) is 10.4 Å². The van der Waals surface area contributed by atoms with E-state index in [0.717, 1.165) is 0 Å². The van der Waals surface area contributed by atoms with Crippen LogP contribution in [0.2, 0.25) is 0 Å². The van der Waals surface area contributed by atoms with Gasteiger partial charge in [-0.05, 0) is 22.0 Å². The molecule has 0 saturated heterocycles. The lowest BCUT2D eigenvalue weighted by atomic mass is 10.2. The molecule has 0 spiro atoms. The molecule has 0 aliphatic carbocycles. The number of amides is 1. The van der Waals surface area contributed by atoms with E-state index in [1.165, 1.54) is 24.5 Å². The standard InChI is InChI=1S/C13H9BrN4O3/c14-11-5-10(7-15-8-11)13(19)17-16-6-9-2-1-3-12(4-9)18(20)21/h1-8H,(H,17,19)/b16-6-. The normalized spacial score (nSPS) is 10.5. The number of rotatable bonds is 4. The maximum atomic E-state index is 11.8. The van der Waals surface area contributed by atoms with Crippen LogP contribution in [0.15, 0.2) is 52.3 Å². The van der Waals surface area contributed by atoms with Crippen molar-refractivity contribution in [3.63, 3.8) is 0 Å². The van der Waals surface area contributed by atoms with E-state index in [9.17, 15) is 14.9 Å². The number of hydrogen-bond acceptors (Lipinski definition) is 5. The minimum absolute atomic E-state index is 0.0403. The number of carbonyl (C=O) groups is 1. The summed E-state index contributed by atoms with van der Waals surface area (Å²) in [5.74, 6) is -0.425. The highest BCUT2D eigenvalue weighted by Crippen LogP contribution is 2.11. The highest BCUT2D eigenvalue weighted by Gasteiger charge is 2.06. The number of halogens is 1. The highest BCUT2D eigenvalue weighted by atomic mass is 79.9. The molecule has 0 bridgehead atoms. The van der Waals surface area contributed by atoms with Gasteiger partial charge in [0.1, 0.15) is 0 Å². The van der Waals surface area contributed by atoms with Crippen LogP contribution in [0.3, 0.4) is 0 Å². The summed E-state index contributed by atoms with van der Waals surface area (Å²) >= 11 is 3.21. The SMILES string of the molecule is O=C(N/N=C\c1cccc([N+](=O)[O-])c1)c1cncc(Br)c1. The first-order chi connectivity index (χ1) is 10.1. The maximum Gasteiger partial charge on any atom is 0.272 e. The second kappa shape index (κ2) is 6.71. The molecule has 7 nitrogen and oxygen atoms in total. The topological polar surface area (TPSA) is 97.5 Å². The molecule has 8 heteroatoms. The van der Waals surface area contributed by atoms with Crippen LogP contribution in [0, 0.1) is 10.1 Å². The van der Waals surface area contributed by atoms with E-state index in [0.29, 0.717) is 15.6 Å². The average molecular weight is 349 g/mol. The third-order valence-electron chi connectivity index (χ3n) is 2.43. The molecule has 0 aliphatic heterocycles. The molecule has 1 aromatic heterocycles. The molecule has 1 amide bonds. The molecule has 106 valence electrons. The van der Waals surface area contributed by atoms with Crippen molar-refractivity contribution < 1.29 is 9.72 Å². The number of nitrogens with zero attached hydrogens (tertiary/aromatic N) is 3. The van der Waals surface area contributed by atoms with Crippen molar-refractivity contribution in [3.05, 3.63) is 68.4 Å². The van der Waals surface area contributed by atoms with Crippen LogP contribution in [0.25, 0.3) is 0 Å². The van der Waals surface area contributed by atoms with Crippen molar-refractivity contribution in [3.8, 4) is 0 Å². The van der Waals surface area contributed by atoms with Gasteiger partial charge in [0.05, 0.1) is 16.7 Å². The van der Waals surface area contributed by atoms with Gasteiger partial charge in [-0.25, -0.2) is 5.43 Å². The van der Waals surface area contributed by atoms with Gasteiger partial charge in [-0.2, -0.15) is 5.10 Å². The molecule has 1 N–H and O–H groups in total. The van der Waals surface area contributed by atoms with Crippen LogP contribution in [-0.4, -0.2) is 22.0 Å². The molecule has 1 heterocycles. The second-order valence-electron chi connectivity index (χ2n) is 3.94. The Morgan fingerprint density at radius 2 is 2.19 bits per heavy atom. The van der Waals surface area contributed by atoms with Crippen LogP contribution in [0.4, 0.5) is 5.69 Å². The minimum Gasteiger partial charge on any atom is -0.267 e. The summed E-state index contributed by atoms with van der Waals surface area (Å²) in [5.41, 5.74) is 3.14. The molecule has 2 rings (SSSR count). The number of pyridine rings is 1. The molecule has 0 aliphatic rings. The first-order valence-electron chi connectivity index (χ1n) is 5.74. The zero-order valence-electron chi connectivity index (χ0n) is 10.6.